The molecule has 0 amide bonds. The number of sulfonamides is 1. The van der Waals surface area contributed by atoms with Crippen LogP contribution >= 0.6 is 0 Å². The molecular weight excluding hydrogens is 284 g/mol. The topological polar surface area (TPSA) is 63.4 Å². The van der Waals surface area contributed by atoms with Gasteiger partial charge in [-0.15, -0.1) is 0 Å². The SMILES string of the molecule is Cc1c(N)cccc1S(=O)(=O)N(CC(C)C)C1CCCC1. The van der Waals surface area contributed by atoms with Crippen LogP contribution in [0.3, 0.4) is 0 Å². The quantitative estimate of drug-likeness (QED) is 0.850. The van der Waals surface area contributed by atoms with Crippen LogP contribution in [-0.2, 0) is 10.0 Å². The first-order chi connectivity index (χ1) is 9.84. The summed E-state index contributed by atoms with van der Waals surface area (Å²) >= 11 is 0. The molecule has 0 aromatic heterocycles. The Morgan fingerprint density at radius 2 is 1.90 bits per heavy atom. The summed E-state index contributed by atoms with van der Waals surface area (Å²) in [4.78, 5) is 0.357. The van der Waals surface area contributed by atoms with Crippen molar-refractivity contribution < 1.29 is 8.42 Å². The molecule has 4 nitrogen and oxygen atoms in total. The van der Waals surface area contributed by atoms with E-state index in [1.165, 1.54) is 0 Å². The lowest BCUT2D eigenvalue weighted by molar-refractivity contribution is 0.292. The Morgan fingerprint density at radius 3 is 2.48 bits per heavy atom. The minimum atomic E-state index is -3.48. The maximum absolute atomic E-state index is 13.1. The van der Waals surface area contributed by atoms with Crippen LogP contribution in [-0.4, -0.2) is 25.3 Å². The molecule has 0 saturated heterocycles. The normalized spacial score (nSPS) is 17.0. The van der Waals surface area contributed by atoms with E-state index in [2.05, 4.69) is 13.8 Å². The molecule has 1 aromatic carbocycles. The molecule has 1 saturated carbocycles. The molecule has 0 aliphatic heterocycles. The summed E-state index contributed by atoms with van der Waals surface area (Å²) < 4.78 is 27.9. The molecule has 0 atom stereocenters. The standard InChI is InChI=1S/C16H26N2O2S/c1-12(2)11-18(14-7-4-5-8-14)21(19,20)16-10-6-9-15(17)13(16)3/h6,9-10,12,14H,4-5,7-8,11,17H2,1-3H3. The Balaban J connectivity index is 2.43. The zero-order valence-electron chi connectivity index (χ0n) is 13.2. The van der Waals surface area contributed by atoms with Gasteiger partial charge >= 0.3 is 0 Å². The Bertz CT molecular complexity index is 590. The smallest absolute Gasteiger partial charge is 0.243 e. The number of anilines is 1. The van der Waals surface area contributed by atoms with Crippen LogP contribution in [0.2, 0.25) is 0 Å². The fourth-order valence-electron chi connectivity index (χ4n) is 3.03. The zero-order valence-corrected chi connectivity index (χ0v) is 14.0. The van der Waals surface area contributed by atoms with Gasteiger partial charge in [0.1, 0.15) is 0 Å². The summed E-state index contributed by atoms with van der Waals surface area (Å²) in [6, 6.07) is 5.27. The van der Waals surface area contributed by atoms with Crippen LogP contribution in [0.1, 0.15) is 45.1 Å². The van der Waals surface area contributed by atoms with Crippen molar-refractivity contribution >= 4 is 15.7 Å². The number of hydrogen-bond donors (Lipinski definition) is 1. The van der Waals surface area contributed by atoms with Gasteiger partial charge in [-0.05, 0) is 43.4 Å². The second kappa shape index (κ2) is 6.36. The molecular formula is C16H26N2O2S. The van der Waals surface area contributed by atoms with Gasteiger partial charge in [0.25, 0.3) is 0 Å². The molecule has 118 valence electrons. The third-order valence-corrected chi connectivity index (χ3v) is 6.25. The predicted molar refractivity (Wildman–Crippen MR) is 86.6 cm³/mol. The summed E-state index contributed by atoms with van der Waals surface area (Å²) in [5, 5.41) is 0. The summed E-state index contributed by atoms with van der Waals surface area (Å²) in [7, 11) is -3.48. The first-order valence-corrected chi connectivity index (χ1v) is 9.15. The minimum Gasteiger partial charge on any atom is -0.398 e. The van der Waals surface area contributed by atoms with E-state index in [0.29, 0.717) is 28.6 Å². The van der Waals surface area contributed by atoms with Crippen LogP contribution in [0, 0.1) is 12.8 Å². The van der Waals surface area contributed by atoms with Crippen molar-refractivity contribution in [3.8, 4) is 0 Å². The number of rotatable bonds is 5. The average Bonchev–Trinajstić information content (AvgIpc) is 2.92. The first-order valence-electron chi connectivity index (χ1n) is 7.71. The van der Waals surface area contributed by atoms with E-state index in [4.69, 9.17) is 5.73 Å². The van der Waals surface area contributed by atoms with Gasteiger partial charge in [0, 0.05) is 18.3 Å². The largest absolute Gasteiger partial charge is 0.398 e. The number of benzene rings is 1. The van der Waals surface area contributed by atoms with E-state index in [1.807, 2.05) is 0 Å². The third-order valence-electron chi connectivity index (χ3n) is 4.19. The highest BCUT2D eigenvalue weighted by Gasteiger charge is 2.34. The average molecular weight is 310 g/mol. The molecule has 1 aliphatic carbocycles. The summed E-state index contributed by atoms with van der Waals surface area (Å²) in [5.41, 5.74) is 7.08. The third kappa shape index (κ3) is 3.40. The fraction of sp³-hybridized carbons (Fsp3) is 0.625. The van der Waals surface area contributed by atoms with Gasteiger partial charge in [-0.25, -0.2) is 8.42 Å². The first kappa shape index (κ1) is 16.3. The molecule has 1 aromatic rings. The molecule has 1 aliphatic rings. The van der Waals surface area contributed by atoms with E-state index in [0.717, 1.165) is 25.7 Å². The number of nitrogen functional groups attached to an aromatic ring is 1. The highest BCUT2D eigenvalue weighted by molar-refractivity contribution is 7.89. The van der Waals surface area contributed by atoms with Crippen LogP contribution < -0.4 is 5.73 Å². The van der Waals surface area contributed by atoms with Crippen molar-refractivity contribution in [2.24, 2.45) is 5.92 Å². The van der Waals surface area contributed by atoms with Crippen LogP contribution in [0.5, 0.6) is 0 Å². The Morgan fingerprint density at radius 1 is 1.29 bits per heavy atom. The predicted octanol–water partition coefficient (Wildman–Crippen LogP) is 3.17. The Hall–Kier alpha value is -1.07. The maximum atomic E-state index is 13.1. The van der Waals surface area contributed by atoms with Gasteiger partial charge in [0.15, 0.2) is 0 Å². The van der Waals surface area contributed by atoms with Crippen LogP contribution in [0.25, 0.3) is 0 Å². The maximum Gasteiger partial charge on any atom is 0.243 e. The number of nitrogens with two attached hydrogens (primary N) is 1. The van der Waals surface area contributed by atoms with E-state index < -0.39 is 10.0 Å². The van der Waals surface area contributed by atoms with Crippen molar-refractivity contribution in [3.05, 3.63) is 23.8 Å². The second-order valence-electron chi connectivity index (χ2n) is 6.38. The van der Waals surface area contributed by atoms with Gasteiger partial charge in [-0.1, -0.05) is 32.8 Å². The molecule has 2 rings (SSSR count). The lowest BCUT2D eigenvalue weighted by Gasteiger charge is -2.30. The van der Waals surface area contributed by atoms with E-state index >= 15 is 0 Å². The Kier molecular flexibility index (Phi) is 4.94. The van der Waals surface area contributed by atoms with Gasteiger partial charge < -0.3 is 5.73 Å². The van der Waals surface area contributed by atoms with Gasteiger partial charge in [-0.2, -0.15) is 4.31 Å². The molecule has 0 heterocycles. The second-order valence-corrected chi connectivity index (χ2v) is 8.24. The zero-order chi connectivity index (χ0) is 15.6. The van der Waals surface area contributed by atoms with E-state index in [1.54, 1.807) is 29.4 Å². The van der Waals surface area contributed by atoms with Gasteiger partial charge in [0.2, 0.25) is 10.0 Å². The van der Waals surface area contributed by atoms with Crippen molar-refractivity contribution in [1.82, 2.24) is 4.31 Å². The summed E-state index contributed by atoms with van der Waals surface area (Å²) in [6.45, 7) is 6.47. The summed E-state index contributed by atoms with van der Waals surface area (Å²) in [5.74, 6) is 0.307. The van der Waals surface area contributed by atoms with Gasteiger partial charge in [-0.3, -0.25) is 0 Å². The van der Waals surface area contributed by atoms with Crippen LogP contribution in [0.15, 0.2) is 23.1 Å². The highest BCUT2D eigenvalue weighted by Crippen LogP contribution is 2.31. The van der Waals surface area contributed by atoms with Crippen molar-refractivity contribution in [3.63, 3.8) is 0 Å². The molecule has 21 heavy (non-hydrogen) atoms. The highest BCUT2D eigenvalue weighted by atomic mass is 32.2. The Labute approximate surface area is 128 Å². The fourth-order valence-corrected chi connectivity index (χ4v) is 5.14. The molecule has 2 N–H and O–H groups in total. The van der Waals surface area contributed by atoms with E-state index in [9.17, 15) is 8.42 Å². The molecule has 0 unspecified atom stereocenters. The number of hydrogen-bond acceptors (Lipinski definition) is 3. The lowest BCUT2D eigenvalue weighted by atomic mass is 10.2. The van der Waals surface area contributed by atoms with Crippen molar-refractivity contribution in [2.45, 2.75) is 57.4 Å². The van der Waals surface area contributed by atoms with Crippen molar-refractivity contribution in [2.75, 3.05) is 12.3 Å². The van der Waals surface area contributed by atoms with Gasteiger partial charge in [0.05, 0.1) is 4.90 Å². The monoisotopic (exact) mass is 310 g/mol. The summed E-state index contributed by atoms with van der Waals surface area (Å²) in [6.07, 6.45) is 4.16. The van der Waals surface area contributed by atoms with E-state index in [-0.39, 0.29) is 6.04 Å². The number of nitrogens with zero attached hydrogens (tertiary/aromatic N) is 1. The van der Waals surface area contributed by atoms with Crippen molar-refractivity contribution in [1.29, 1.82) is 0 Å². The molecule has 0 spiro atoms. The lowest BCUT2D eigenvalue weighted by Crippen LogP contribution is -2.41. The minimum absolute atomic E-state index is 0.137. The molecule has 5 heteroatoms. The molecule has 1 fully saturated rings. The van der Waals surface area contributed by atoms with Crippen LogP contribution in [0.4, 0.5) is 5.69 Å². The molecule has 0 bridgehead atoms. The molecule has 0 radical (unpaired) electrons.